The maximum atomic E-state index is 12.6. The lowest BCUT2D eigenvalue weighted by atomic mass is 10.1. The smallest absolute Gasteiger partial charge is 0.123 e. The quantitative estimate of drug-likeness (QED) is 0.817. The molecule has 0 amide bonds. The van der Waals surface area contributed by atoms with Crippen molar-refractivity contribution in [1.82, 2.24) is 5.32 Å². The Morgan fingerprint density at radius 3 is 2.36 bits per heavy atom. The molecule has 1 atom stereocenters. The first-order chi connectivity index (χ1) is 6.25. The van der Waals surface area contributed by atoms with Crippen molar-refractivity contribution in [1.29, 1.82) is 0 Å². The highest BCUT2D eigenvalue weighted by atomic mass is 35.5. The van der Waals surface area contributed by atoms with Gasteiger partial charge in [-0.3, -0.25) is 0 Å². The van der Waals surface area contributed by atoms with Gasteiger partial charge in [0, 0.05) is 12.1 Å². The molecule has 0 saturated heterocycles. The van der Waals surface area contributed by atoms with E-state index in [9.17, 15) is 4.39 Å². The van der Waals surface area contributed by atoms with Gasteiger partial charge in [0.25, 0.3) is 0 Å². The van der Waals surface area contributed by atoms with Gasteiger partial charge < -0.3 is 5.32 Å². The molecule has 1 nitrogen and oxygen atoms in total. The maximum absolute atomic E-state index is 12.6. The zero-order valence-corrected chi connectivity index (χ0v) is 8.98. The van der Waals surface area contributed by atoms with Crippen molar-refractivity contribution in [2.75, 3.05) is 0 Å². The van der Waals surface area contributed by atoms with Gasteiger partial charge in [0.2, 0.25) is 0 Å². The molecule has 0 aliphatic heterocycles. The molecule has 1 saturated carbocycles. The van der Waals surface area contributed by atoms with Crippen LogP contribution in [0.25, 0.3) is 0 Å². The predicted octanol–water partition coefficient (Wildman–Crippen LogP) is 3.06. The Morgan fingerprint density at radius 2 is 1.86 bits per heavy atom. The molecule has 1 N–H and O–H groups in total. The van der Waals surface area contributed by atoms with Crippen LogP contribution in [0, 0.1) is 5.82 Å². The molecule has 1 aromatic rings. The van der Waals surface area contributed by atoms with Gasteiger partial charge in [-0.1, -0.05) is 12.1 Å². The second-order valence-corrected chi connectivity index (χ2v) is 3.71. The Hall–Kier alpha value is -0.600. The number of hydrogen-bond acceptors (Lipinski definition) is 1. The van der Waals surface area contributed by atoms with Crippen LogP contribution < -0.4 is 5.32 Å². The summed E-state index contributed by atoms with van der Waals surface area (Å²) < 4.78 is 12.6. The monoisotopic (exact) mass is 215 g/mol. The molecule has 1 aliphatic carbocycles. The van der Waals surface area contributed by atoms with E-state index < -0.39 is 0 Å². The number of hydrogen-bond donors (Lipinski definition) is 1. The minimum Gasteiger partial charge on any atom is -0.307 e. The van der Waals surface area contributed by atoms with E-state index in [1.54, 1.807) is 0 Å². The summed E-state index contributed by atoms with van der Waals surface area (Å²) in [4.78, 5) is 0. The Morgan fingerprint density at radius 1 is 1.29 bits per heavy atom. The third-order valence-electron chi connectivity index (χ3n) is 2.43. The molecule has 78 valence electrons. The van der Waals surface area contributed by atoms with E-state index in [2.05, 4.69) is 12.2 Å². The van der Waals surface area contributed by atoms with Crippen LogP contribution in [0.3, 0.4) is 0 Å². The topological polar surface area (TPSA) is 12.0 Å². The number of rotatable bonds is 3. The largest absolute Gasteiger partial charge is 0.307 e. The van der Waals surface area contributed by atoms with Crippen LogP contribution in [0.5, 0.6) is 0 Å². The third kappa shape index (κ3) is 2.96. The molecule has 0 unspecified atom stereocenters. The Bertz CT molecular complexity index is 282. The predicted molar refractivity (Wildman–Crippen MR) is 58.2 cm³/mol. The fraction of sp³-hybridized carbons (Fsp3) is 0.455. The Kier molecular flexibility index (Phi) is 3.90. The van der Waals surface area contributed by atoms with E-state index in [4.69, 9.17) is 0 Å². The molecule has 0 spiro atoms. The number of benzene rings is 1. The summed E-state index contributed by atoms with van der Waals surface area (Å²) in [6.07, 6.45) is 2.57. The third-order valence-corrected chi connectivity index (χ3v) is 2.43. The normalized spacial score (nSPS) is 17.3. The summed E-state index contributed by atoms with van der Waals surface area (Å²) in [6, 6.07) is 7.75. The molecule has 1 aliphatic rings. The standard InChI is InChI=1S/C11H14FN.ClH/c1-8(13-11-6-7-11)9-2-4-10(12)5-3-9;/h2-5,8,11,13H,6-7H2,1H3;1H/t8-;/m0./s1. The summed E-state index contributed by atoms with van der Waals surface area (Å²) in [5.74, 6) is -0.164. The summed E-state index contributed by atoms with van der Waals surface area (Å²) in [5.41, 5.74) is 1.16. The van der Waals surface area contributed by atoms with E-state index in [-0.39, 0.29) is 18.2 Å². The van der Waals surface area contributed by atoms with E-state index in [0.29, 0.717) is 12.1 Å². The first-order valence-corrected chi connectivity index (χ1v) is 4.77. The first-order valence-electron chi connectivity index (χ1n) is 4.77. The highest BCUT2D eigenvalue weighted by Gasteiger charge is 2.22. The molecule has 2 rings (SSSR count). The van der Waals surface area contributed by atoms with Crippen LogP contribution in [0.1, 0.15) is 31.4 Å². The Balaban J connectivity index is 0.000000980. The molecule has 0 bridgehead atoms. The second kappa shape index (κ2) is 4.76. The molecule has 1 fully saturated rings. The lowest BCUT2D eigenvalue weighted by molar-refractivity contribution is 0.568. The van der Waals surface area contributed by atoms with Crippen LogP contribution in [0.2, 0.25) is 0 Å². The zero-order chi connectivity index (χ0) is 9.26. The molecule has 0 radical (unpaired) electrons. The van der Waals surface area contributed by atoms with Crippen molar-refractivity contribution in [3.8, 4) is 0 Å². The SMILES string of the molecule is C[C@H](NC1CC1)c1ccc(F)cc1.Cl. The van der Waals surface area contributed by atoms with Crippen LogP contribution in [0.15, 0.2) is 24.3 Å². The zero-order valence-electron chi connectivity index (χ0n) is 8.16. The molecule has 14 heavy (non-hydrogen) atoms. The summed E-state index contributed by atoms with van der Waals surface area (Å²) >= 11 is 0. The molecule has 0 aromatic heterocycles. The molecule has 3 heteroatoms. The maximum Gasteiger partial charge on any atom is 0.123 e. The van der Waals surface area contributed by atoms with Crippen LogP contribution in [0.4, 0.5) is 4.39 Å². The van der Waals surface area contributed by atoms with Crippen molar-refractivity contribution < 1.29 is 4.39 Å². The fourth-order valence-electron chi connectivity index (χ4n) is 1.45. The number of halogens is 2. The van der Waals surface area contributed by atoms with E-state index in [1.165, 1.54) is 25.0 Å². The average molecular weight is 216 g/mol. The van der Waals surface area contributed by atoms with Crippen molar-refractivity contribution in [2.45, 2.75) is 31.8 Å². The van der Waals surface area contributed by atoms with E-state index in [0.717, 1.165) is 5.56 Å². The minimum absolute atomic E-state index is 0. The van der Waals surface area contributed by atoms with Gasteiger partial charge in [-0.15, -0.1) is 12.4 Å². The van der Waals surface area contributed by atoms with Gasteiger partial charge in [-0.05, 0) is 37.5 Å². The summed E-state index contributed by atoms with van der Waals surface area (Å²) in [6.45, 7) is 2.12. The number of nitrogens with one attached hydrogen (secondary N) is 1. The van der Waals surface area contributed by atoms with Crippen molar-refractivity contribution in [3.63, 3.8) is 0 Å². The van der Waals surface area contributed by atoms with Gasteiger partial charge in [0.1, 0.15) is 5.82 Å². The Labute approximate surface area is 90.1 Å². The van der Waals surface area contributed by atoms with E-state index in [1.807, 2.05) is 12.1 Å². The van der Waals surface area contributed by atoms with Gasteiger partial charge >= 0.3 is 0 Å². The van der Waals surface area contributed by atoms with Crippen LogP contribution in [-0.2, 0) is 0 Å². The minimum atomic E-state index is -0.164. The van der Waals surface area contributed by atoms with Crippen molar-refractivity contribution in [2.24, 2.45) is 0 Å². The first kappa shape index (κ1) is 11.5. The van der Waals surface area contributed by atoms with Crippen molar-refractivity contribution >= 4 is 12.4 Å². The average Bonchev–Trinajstić information content (AvgIpc) is 2.89. The lowest BCUT2D eigenvalue weighted by Gasteiger charge is -2.13. The van der Waals surface area contributed by atoms with Crippen molar-refractivity contribution in [3.05, 3.63) is 35.6 Å². The highest BCUT2D eigenvalue weighted by molar-refractivity contribution is 5.85. The van der Waals surface area contributed by atoms with E-state index >= 15 is 0 Å². The molecular formula is C11H15ClFN. The summed E-state index contributed by atoms with van der Waals surface area (Å²) in [7, 11) is 0. The van der Waals surface area contributed by atoms with Crippen LogP contribution in [-0.4, -0.2) is 6.04 Å². The van der Waals surface area contributed by atoms with Crippen LogP contribution >= 0.6 is 12.4 Å². The molecule has 0 heterocycles. The second-order valence-electron chi connectivity index (χ2n) is 3.71. The van der Waals surface area contributed by atoms with Gasteiger partial charge in [-0.25, -0.2) is 4.39 Å². The van der Waals surface area contributed by atoms with Gasteiger partial charge in [0.15, 0.2) is 0 Å². The lowest BCUT2D eigenvalue weighted by Crippen LogP contribution is -2.20. The van der Waals surface area contributed by atoms with Gasteiger partial charge in [0.05, 0.1) is 0 Å². The highest BCUT2D eigenvalue weighted by Crippen LogP contribution is 2.23. The summed E-state index contributed by atoms with van der Waals surface area (Å²) in [5, 5.41) is 3.47. The fourth-order valence-corrected chi connectivity index (χ4v) is 1.45. The van der Waals surface area contributed by atoms with Gasteiger partial charge in [-0.2, -0.15) is 0 Å². The molecule has 1 aromatic carbocycles. The molecular weight excluding hydrogens is 201 g/mol.